The Hall–Kier alpha value is -1.05. The molecule has 2 fully saturated rings. The van der Waals surface area contributed by atoms with Crippen LogP contribution in [0.1, 0.15) is 25.7 Å². The highest BCUT2D eigenvalue weighted by atomic mass is 16.7. The normalized spacial score (nSPS) is 24.2. The Morgan fingerprint density at radius 1 is 1.38 bits per heavy atom. The molecule has 0 aromatic heterocycles. The molecule has 0 atom stereocenters. The molecule has 1 saturated heterocycles. The van der Waals surface area contributed by atoms with Gasteiger partial charge in [0.2, 0.25) is 5.91 Å². The molecule has 1 aliphatic heterocycles. The van der Waals surface area contributed by atoms with Crippen molar-refractivity contribution >= 4 is 5.91 Å². The first kappa shape index (κ1) is 11.4. The lowest BCUT2D eigenvalue weighted by Gasteiger charge is -2.34. The van der Waals surface area contributed by atoms with E-state index < -0.39 is 0 Å². The average molecular weight is 223 g/mol. The number of hydrogen-bond acceptors (Lipinski definition) is 3. The molecule has 4 nitrogen and oxygen atoms in total. The van der Waals surface area contributed by atoms with Gasteiger partial charge in [0.05, 0.1) is 19.8 Å². The predicted octanol–water partition coefficient (Wildman–Crippen LogP) is 0.669. The molecule has 0 radical (unpaired) electrons. The number of carbonyl (C=O) groups excluding carboxylic acids is 1. The van der Waals surface area contributed by atoms with Gasteiger partial charge < -0.3 is 14.8 Å². The van der Waals surface area contributed by atoms with Gasteiger partial charge in [-0.2, -0.15) is 0 Å². The number of nitrogens with one attached hydrogen (secondary N) is 1. The van der Waals surface area contributed by atoms with Crippen LogP contribution in [0.4, 0.5) is 0 Å². The molecule has 1 amide bonds. The van der Waals surface area contributed by atoms with Crippen LogP contribution in [-0.4, -0.2) is 31.5 Å². The molecule has 1 heterocycles. The summed E-state index contributed by atoms with van der Waals surface area (Å²) >= 11 is 0. The monoisotopic (exact) mass is 223 g/mol. The van der Waals surface area contributed by atoms with Crippen molar-refractivity contribution in [2.75, 3.05) is 19.8 Å². The van der Waals surface area contributed by atoms with Gasteiger partial charge in [-0.1, -0.05) is 5.92 Å². The third-order valence-corrected chi connectivity index (χ3v) is 3.30. The first-order valence-corrected chi connectivity index (χ1v) is 5.75. The van der Waals surface area contributed by atoms with Gasteiger partial charge in [0.1, 0.15) is 0 Å². The van der Waals surface area contributed by atoms with E-state index in [1.165, 1.54) is 0 Å². The lowest BCUT2D eigenvalue weighted by molar-refractivity contribution is -0.183. The maximum Gasteiger partial charge on any atom is 0.223 e. The van der Waals surface area contributed by atoms with Crippen molar-refractivity contribution in [3.8, 4) is 12.3 Å². The van der Waals surface area contributed by atoms with E-state index in [9.17, 15) is 4.79 Å². The highest BCUT2D eigenvalue weighted by Crippen LogP contribution is 2.38. The fraction of sp³-hybridized carbons (Fsp3) is 0.750. The average Bonchev–Trinajstić information content (AvgIpc) is 2.75. The predicted molar refractivity (Wildman–Crippen MR) is 58.4 cm³/mol. The van der Waals surface area contributed by atoms with Crippen molar-refractivity contribution in [2.45, 2.75) is 31.5 Å². The fourth-order valence-electron chi connectivity index (χ4n) is 2.39. The zero-order valence-electron chi connectivity index (χ0n) is 9.33. The molecule has 1 aliphatic carbocycles. The topological polar surface area (TPSA) is 47.6 Å². The minimum atomic E-state index is -0.386. The molecule has 0 aromatic carbocycles. The number of hydrogen-bond donors (Lipinski definition) is 1. The molecule has 1 spiro atoms. The summed E-state index contributed by atoms with van der Waals surface area (Å²) in [4.78, 5) is 11.7. The van der Waals surface area contributed by atoms with Crippen LogP contribution in [0.2, 0.25) is 0 Å². The van der Waals surface area contributed by atoms with E-state index in [1.54, 1.807) is 0 Å². The molecular weight excluding hydrogens is 206 g/mol. The highest BCUT2D eigenvalue weighted by molar-refractivity contribution is 5.78. The van der Waals surface area contributed by atoms with E-state index in [0.717, 1.165) is 25.7 Å². The van der Waals surface area contributed by atoms with Crippen LogP contribution in [0.25, 0.3) is 0 Å². The zero-order valence-corrected chi connectivity index (χ0v) is 9.33. The van der Waals surface area contributed by atoms with E-state index in [2.05, 4.69) is 11.2 Å². The van der Waals surface area contributed by atoms with E-state index in [4.69, 9.17) is 15.9 Å². The summed E-state index contributed by atoms with van der Waals surface area (Å²) in [6.45, 7) is 1.66. The molecule has 0 bridgehead atoms. The van der Waals surface area contributed by atoms with Crippen molar-refractivity contribution in [1.82, 2.24) is 5.32 Å². The zero-order chi connectivity index (χ0) is 11.4. The van der Waals surface area contributed by atoms with Crippen molar-refractivity contribution in [1.29, 1.82) is 0 Å². The molecule has 0 aromatic rings. The third-order valence-electron chi connectivity index (χ3n) is 3.30. The van der Waals surface area contributed by atoms with Gasteiger partial charge in [-0.05, 0) is 12.8 Å². The second kappa shape index (κ2) is 4.86. The summed E-state index contributed by atoms with van der Waals surface area (Å²) in [6, 6.07) is 0. The Bertz CT molecular complexity index is 292. The van der Waals surface area contributed by atoms with Gasteiger partial charge in [0.25, 0.3) is 0 Å². The van der Waals surface area contributed by atoms with Crippen LogP contribution >= 0.6 is 0 Å². The van der Waals surface area contributed by atoms with Gasteiger partial charge in [-0.15, -0.1) is 6.42 Å². The van der Waals surface area contributed by atoms with Crippen LogP contribution in [0.15, 0.2) is 0 Å². The summed E-state index contributed by atoms with van der Waals surface area (Å²) in [5.74, 6) is 2.14. The minimum absolute atomic E-state index is 0.0609. The smallest absolute Gasteiger partial charge is 0.223 e. The molecule has 88 valence electrons. The maximum atomic E-state index is 11.7. The first-order valence-electron chi connectivity index (χ1n) is 5.75. The van der Waals surface area contributed by atoms with E-state index in [0.29, 0.717) is 19.8 Å². The second-order valence-electron chi connectivity index (χ2n) is 4.30. The molecule has 4 heteroatoms. The van der Waals surface area contributed by atoms with E-state index in [1.807, 2.05) is 0 Å². The van der Waals surface area contributed by atoms with Gasteiger partial charge in [-0.25, -0.2) is 0 Å². The van der Waals surface area contributed by atoms with Crippen molar-refractivity contribution in [2.24, 2.45) is 5.92 Å². The summed E-state index contributed by atoms with van der Waals surface area (Å²) in [7, 11) is 0. The standard InChI is InChI=1S/C12H17NO3/c1-2-7-13-11(14)10-3-5-12(6-4-10)15-8-9-16-12/h1,10H,3-9H2,(H,13,14). The molecular formula is C12H17NO3. The van der Waals surface area contributed by atoms with E-state index >= 15 is 0 Å². The number of ether oxygens (including phenoxy) is 2. The first-order chi connectivity index (χ1) is 7.76. The van der Waals surface area contributed by atoms with Crippen LogP contribution in [-0.2, 0) is 14.3 Å². The molecule has 2 rings (SSSR count). The Morgan fingerprint density at radius 3 is 2.56 bits per heavy atom. The molecule has 2 aliphatic rings. The van der Waals surface area contributed by atoms with E-state index in [-0.39, 0.29) is 17.6 Å². The lowest BCUT2D eigenvalue weighted by Crippen LogP contribution is -2.40. The van der Waals surface area contributed by atoms with Crippen LogP contribution in [0.3, 0.4) is 0 Å². The number of terminal acetylenes is 1. The maximum absolute atomic E-state index is 11.7. The summed E-state index contributed by atoms with van der Waals surface area (Å²) in [5.41, 5.74) is 0. The minimum Gasteiger partial charge on any atom is -0.348 e. The largest absolute Gasteiger partial charge is 0.348 e. The Labute approximate surface area is 95.7 Å². The summed E-state index contributed by atoms with van der Waals surface area (Å²) in [6.07, 6.45) is 8.34. The van der Waals surface area contributed by atoms with Crippen molar-refractivity contribution in [3.05, 3.63) is 0 Å². The van der Waals surface area contributed by atoms with Gasteiger partial charge in [0.15, 0.2) is 5.79 Å². The Kier molecular flexibility index (Phi) is 3.47. The molecule has 1 saturated carbocycles. The molecule has 16 heavy (non-hydrogen) atoms. The number of rotatable bonds is 2. The quantitative estimate of drug-likeness (QED) is 0.700. The lowest BCUT2D eigenvalue weighted by atomic mass is 9.84. The number of amides is 1. The van der Waals surface area contributed by atoms with Crippen molar-refractivity contribution < 1.29 is 14.3 Å². The van der Waals surface area contributed by atoms with Crippen LogP contribution in [0.5, 0.6) is 0 Å². The SMILES string of the molecule is C#CCNC(=O)C1CCC2(CC1)OCCO2. The highest BCUT2D eigenvalue weighted by Gasteiger charge is 2.41. The summed E-state index contributed by atoms with van der Waals surface area (Å²) < 4.78 is 11.2. The van der Waals surface area contributed by atoms with Crippen LogP contribution < -0.4 is 5.32 Å². The van der Waals surface area contributed by atoms with Crippen LogP contribution in [0, 0.1) is 18.3 Å². The molecule has 1 N–H and O–H groups in total. The Balaban J connectivity index is 1.80. The number of carbonyl (C=O) groups is 1. The van der Waals surface area contributed by atoms with Gasteiger partial charge in [-0.3, -0.25) is 4.79 Å². The third kappa shape index (κ3) is 2.37. The van der Waals surface area contributed by atoms with Crippen molar-refractivity contribution in [3.63, 3.8) is 0 Å². The second-order valence-corrected chi connectivity index (χ2v) is 4.30. The van der Waals surface area contributed by atoms with Gasteiger partial charge in [0, 0.05) is 18.8 Å². The Morgan fingerprint density at radius 2 is 2.00 bits per heavy atom. The van der Waals surface area contributed by atoms with Gasteiger partial charge >= 0.3 is 0 Å². The molecule has 0 unspecified atom stereocenters. The fourth-order valence-corrected chi connectivity index (χ4v) is 2.39. The summed E-state index contributed by atoms with van der Waals surface area (Å²) in [5, 5.41) is 2.72.